The smallest absolute Gasteiger partial charge is 0.276 e. The highest BCUT2D eigenvalue weighted by molar-refractivity contribution is 5.93. The van der Waals surface area contributed by atoms with Crippen LogP contribution >= 0.6 is 0 Å². The number of piperazine rings is 1. The largest absolute Gasteiger partial charge is 0.461 e. The van der Waals surface area contributed by atoms with Crippen LogP contribution in [0.15, 0.2) is 63.7 Å². The van der Waals surface area contributed by atoms with Gasteiger partial charge in [0.15, 0.2) is 11.5 Å². The van der Waals surface area contributed by atoms with Crippen molar-refractivity contribution in [3.05, 3.63) is 66.1 Å². The molecule has 2 unspecified atom stereocenters. The summed E-state index contributed by atoms with van der Waals surface area (Å²) < 4.78 is 10.5. The van der Waals surface area contributed by atoms with E-state index in [1.807, 2.05) is 23.1 Å². The lowest BCUT2D eigenvalue weighted by atomic mass is 10.1. The second-order valence-electron chi connectivity index (χ2n) is 7.53. The fourth-order valence-electron chi connectivity index (χ4n) is 3.97. The van der Waals surface area contributed by atoms with Crippen molar-refractivity contribution in [2.75, 3.05) is 26.2 Å². The van der Waals surface area contributed by atoms with Gasteiger partial charge in [0.25, 0.3) is 5.91 Å². The van der Waals surface area contributed by atoms with Gasteiger partial charge in [-0.15, -0.1) is 0 Å². The molecule has 7 heteroatoms. The Kier molecular flexibility index (Phi) is 4.42. The van der Waals surface area contributed by atoms with Gasteiger partial charge in [0, 0.05) is 38.2 Å². The molecule has 1 aliphatic heterocycles. The zero-order valence-electron chi connectivity index (χ0n) is 15.9. The number of furan rings is 1. The lowest BCUT2D eigenvalue weighted by Crippen LogP contribution is -2.51. The molecule has 0 radical (unpaired) electrons. The van der Waals surface area contributed by atoms with E-state index in [9.17, 15) is 9.59 Å². The molecule has 29 heavy (non-hydrogen) atoms. The molecule has 2 amide bonds. The van der Waals surface area contributed by atoms with Gasteiger partial charge in [0.2, 0.25) is 11.7 Å². The maximum atomic E-state index is 12.8. The monoisotopic (exact) mass is 391 g/mol. The molecular formula is C22H21N3O4. The van der Waals surface area contributed by atoms with Crippen molar-refractivity contribution in [2.24, 2.45) is 5.92 Å². The van der Waals surface area contributed by atoms with Gasteiger partial charge in [-0.05, 0) is 30.0 Å². The summed E-state index contributed by atoms with van der Waals surface area (Å²) in [5.74, 6) is 1.38. The van der Waals surface area contributed by atoms with E-state index in [0.717, 1.165) is 6.42 Å². The van der Waals surface area contributed by atoms with E-state index < -0.39 is 0 Å². The number of hydrogen-bond donors (Lipinski definition) is 0. The van der Waals surface area contributed by atoms with E-state index in [2.05, 4.69) is 17.3 Å². The Morgan fingerprint density at radius 3 is 2.41 bits per heavy atom. The van der Waals surface area contributed by atoms with E-state index in [1.54, 1.807) is 23.1 Å². The van der Waals surface area contributed by atoms with Crippen molar-refractivity contribution < 1.29 is 18.5 Å². The third kappa shape index (κ3) is 3.44. The van der Waals surface area contributed by atoms with E-state index in [-0.39, 0.29) is 23.4 Å². The summed E-state index contributed by atoms with van der Waals surface area (Å²) in [5, 5.41) is 3.88. The topological polar surface area (TPSA) is 79.8 Å². The number of benzene rings is 1. The van der Waals surface area contributed by atoms with Gasteiger partial charge < -0.3 is 18.7 Å². The highest BCUT2D eigenvalue weighted by Gasteiger charge is 2.46. The Labute approximate surface area is 167 Å². The second kappa shape index (κ2) is 7.24. The first kappa shape index (κ1) is 17.7. The molecule has 3 aromatic rings. The first-order valence-electron chi connectivity index (χ1n) is 9.84. The Hall–Kier alpha value is -3.35. The third-order valence-electron chi connectivity index (χ3n) is 5.71. The molecule has 148 valence electrons. The SMILES string of the molecule is O=C(c1cc(-c2ccco2)on1)N1CCN(C(=O)C2CC2c2ccccc2)CC1. The average Bonchev–Trinajstić information content (AvgIpc) is 3.15. The second-order valence-corrected chi connectivity index (χ2v) is 7.53. The van der Waals surface area contributed by atoms with Crippen molar-refractivity contribution >= 4 is 11.8 Å². The third-order valence-corrected chi connectivity index (χ3v) is 5.71. The summed E-state index contributed by atoms with van der Waals surface area (Å²) in [7, 11) is 0. The van der Waals surface area contributed by atoms with Gasteiger partial charge >= 0.3 is 0 Å². The maximum absolute atomic E-state index is 12.8. The van der Waals surface area contributed by atoms with Gasteiger partial charge in [-0.2, -0.15) is 0 Å². The van der Waals surface area contributed by atoms with Crippen molar-refractivity contribution in [1.82, 2.24) is 15.0 Å². The molecule has 5 rings (SSSR count). The normalized spacial score (nSPS) is 21.2. The lowest BCUT2D eigenvalue weighted by Gasteiger charge is -2.34. The zero-order valence-corrected chi connectivity index (χ0v) is 15.9. The lowest BCUT2D eigenvalue weighted by molar-refractivity contribution is -0.134. The minimum atomic E-state index is -0.188. The quantitative estimate of drug-likeness (QED) is 0.683. The number of carbonyl (C=O) groups excluding carboxylic acids is 2. The molecule has 2 atom stereocenters. The minimum Gasteiger partial charge on any atom is -0.461 e. The van der Waals surface area contributed by atoms with Crippen LogP contribution in [-0.4, -0.2) is 52.9 Å². The molecule has 0 spiro atoms. The highest BCUT2D eigenvalue weighted by atomic mass is 16.5. The molecule has 0 N–H and O–H groups in total. The van der Waals surface area contributed by atoms with E-state index in [1.165, 1.54) is 11.8 Å². The van der Waals surface area contributed by atoms with Crippen LogP contribution in [0.5, 0.6) is 0 Å². The number of hydrogen-bond acceptors (Lipinski definition) is 5. The van der Waals surface area contributed by atoms with Crippen molar-refractivity contribution in [2.45, 2.75) is 12.3 Å². The molecule has 2 aliphatic rings. The summed E-state index contributed by atoms with van der Waals surface area (Å²) in [5.41, 5.74) is 1.49. The van der Waals surface area contributed by atoms with Crippen LogP contribution in [0, 0.1) is 5.92 Å². The maximum Gasteiger partial charge on any atom is 0.276 e. The fraction of sp³-hybridized carbons (Fsp3) is 0.318. The molecule has 1 aliphatic carbocycles. The molecule has 3 heterocycles. The predicted octanol–water partition coefficient (Wildman–Crippen LogP) is 3.02. The number of amides is 2. The standard InChI is InChI=1S/C22H21N3O4/c26-21(17-13-16(17)15-5-2-1-3-6-15)24-8-10-25(11-9-24)22(27)18-14-20(29-23-18)19-7-4-12-28-19/h1-7,12,14,16-17H,8-11,13H2. The molecule has 1 aromatic carbocycles. The van der Waals surface area contributed by atoms with Crippen LogP contribution in [0.4, 0.5) is 0 Å². The summed E-state index contributed by atoms with van der Waals surface area (Å²) in [4.78, 5) is 29.1. The summed E-state index contributed by atoms with van der Waals surface area (Å²) >= 11 is 0. The van der Waals surface area contributed by atoms with Crippen LogP contribution in [0.1, 0.15) is 28.4 Å². The number of carbonyl (C=O) groups is 2. The van der Waals surface area contributed by atoms with Crippen LogP contribution in [0.25, 0.3) is 11.5 Å². The summed E-state index contributed by atoms with van der Waals surface area (Å²) in [6.45, 7) is 2.09. The van der Waals surface area contributed by atoms with Gasteiger partial charge in [-0.1, -0.05) is 35.5 Å². The molecule has 1 saturated carbocycles. The predicted molar refractivity (Wildman–Crippen MR) is 104 cm³/mol. The summed E-state index contributed by atoms with van der Waals surface area (Å²) in [6, 6.07) is 15.3. The molecular weight excluding hydrogens is 370 g/mol. The zero-order chi connectivity index (χ0) is 19.8. The van der Waals surface area contributed by atoms with Crippen LogP contribution < -0.4 is 0 Å². The van der Waals surface area contributed by atoms with E-state index >= 15 is 0 Å². The molecule has 7 nitrogen and oxygen atoms in total. The van der Waals surface area contributed by atoms with Crippen LogP contribution in [0.2, 0.25) is 0 Å². The molecule has 1 saturated heterocycles. The number of rotatable bonds is 4. The minimum absolute atomic E-state index is 0.0750. The van der Waals surface area contributed by atoms with Gasteiger partial charge in [-0.25, -0.2) is 0 Å². The Morgan fingerprint density at radius 2 is 1.69 bits per heavy atom. The summed E-state index contributed by atoms with van der Waals surface area (Å²) in [6.07, 6.45) is 2.45. The average molecular weight is 391 g/mol. The van der Waals surface area contributed by atoms with Crippen molar-refractivity contribution in [3.63, 3.8) is 0 Å². The van der Waals surface area contributed by atoms with Gasteiger partial charge in [0.1, 0.15) is 0 Å². The number of nitrogens with zero attached hydrogens (tertiary/aromatic N) is 3. The van der Waals surface area contributed by atoms with E-state index in [0.29, 0.717) is 43.6 Å². The number of aromatic nitrogens is 1. The van der Waals surface area contributed by atoms with Gasteiger partial charge in [-0.3, -0.25) is 9.59 Å². The van der Waals surface area contributed by atoms with Gasteiger partial charge in [0.05, 0.1) is 6.26 Å². The molecule has 2 fully saturated rings. The first-order chi connectivity index (χ1) is 14.2. The first-order valence-corrected chi connectivity index (χ1v) is 9.84. The van der Waals surface area contributed by atoms with Crippen LogP contribution in [0.3, 0.4) is 0 Å². The van der Waals surface area contributed by atoms with Crippen molar-refractivity contribution in [1.29, 1.82) is 0 Å². The Bertz CT molecular complexity index is 1000. The van der Waals surface area contributed by atoms with E-state index in [4.69, 9.17) is 8.94 Å². The van der Waals surface area contributed by atoms with Crippen LogP contribution in [-0.2, 0) is 4.79 Å². The highest BCUT2D eigenvalue weighted by Crippen LogP contribution is 2.48. The molecule has 2 aromatic heterocycles. The Morgan fingerprint density at radius 1 is 0.931 bits per heavy atom. The Balaban J connectivity index is 1.17. The molecule has 0 bridgehead atoms. The van der Waals surface area contributed by atoms with Crippen molar-refractivity contribution in [3.8, 4) is 11.5 Å². The fourth-order valence-corrected chi connectivity index (χ4v) is 3.97.